The number of benzene rings is 1. The van der Waals surface area contributed by atoms with Gasteiger partial charge in [0.15, 0.2) is 0 Å². The van der Waals surface area contributed by atoms with Crippen LogP contribution >= 0.6 is 0 Å². The molecule has 0 aliphatic carbocycles. The van der Waals surface area contributed by atoms with Gasteiger partial charge in [-0.3, -0.25) is 0 Å². The summed E-state index contributed by atoms with van der Waals surface area (Å²) in [4.78, 5) is 16.3. The van der Waals surface area contributed by atoms with Crippen LogP contribution in [-0.4, -0.2) is 47.7 Å². The molecule has 178 valence electrons. The number of aryl methyl sites for hydroxylation is 1. The Bertz CT molecular complexity index is 996. The summed E-state index contributed by atoms with van der Waals surface area (Å²) < 4.78 is 0. The highest BCUT2D eigenvalue weighted by atomic mass is 15.3. The van der Waals surface area contributed by atoms with Crippen LogP contribution in [0.25, 0.3) is 5.70 Å². The maximum Gasteiger partial charge on any atom is 0.233 e. The standard InChI is InChI=1S/C25H38N8/c1-7-20(26)18-12-11-17(2)21(14-18)29-23-30-22(28-19-10-8-9-13-27-15-19)31-24(32-23)33(6)16-25(3,4)5/h11-12,14,19,27H,1,8-10,13,15-16,26H2,2-6H3,(H2,28,29,30,31,32). The number of nitrogens with zero attached hydrogens (tertiary/aromatic N) is 4. The van der Waals surface area contributed by atoms with Gasteiger partial charge < -0.3 is 26.6 Å². The van der Waals surface area contributed by atoms with E-state index in [-0.39, 0.29) is 11.5 Å². The molecule has 3 rings (SSSR count). The lowest BCUT2D eigenvalue weighted by atomic mass is 9.96. The Kier molecular flexibility index (Phi) is 7.95. The Morgan fingerprint density at radius 2 is 2.00 bits per heavy atom. The van der Waals surface area contributed by atoms with Crippen molar-refractivity contribution in [3.8, 4) is 0 Å². The largest absolute Gasteiger partial charge is 0.392 e. The molecule has 8 heteroatoms. The van der Waals surface area contributed by atoms with E-state index in [1.54, 1.807) is 0 Å². The number of rotatable bonds is 7. The van der Waals surface area contributed by atoms with E-state index in [4.69, 9.17) is 20.7 Å². The van der Waals surface area contributed by atoms with Gasteiger partial charge in [0.1, 0.15) is 0 Å². The molecule has 1 aromatic carbocycles. The van der Waals surface area contributed by atoms with Crippen molar-refractivity contribution in [2.24, 2.45) is 11.1 Å². The minimum absolute atomic E-state index is 0.104. The third kappa shape index (κ3) is 7.20. The minimum Gasteiger partial charge on any atom is -0.392 e. The van der Waals surface area contributed by atoms with Crippen LogP contribution in [0.5, 0.6) is 0 Å². The second kappa shape index (κ2) is 10.7. The maximum absolute atomic E-state index is 6.02. The quantitative estimate of drug-likeness (QED) is 0.469. The average Bonchev–Trinajstić information content (AvgIpc) is 3.02. The van der Waals surface area contributed by atoms with Crippen LogP contribution in [-0.2, 0) is 0 Å². The first-order valence-electron chi connectivity index (χ1n) is 11.6. The van der Waals surface area contributed by atoms with Gasteiger partial charge in [-0.15, -0.1) is 5.73 Å². The number of aromatic nitrogens is 3. The van der Waals surface area contributed by atoms with Crippen molar-refractivity contribution in [1.29, 1.82) is 0 Å². The van der Waals surface area contributed by atoms with Crippen molar-refractivity contribution < 1.29 is 0 Å². The Balaban J connectivity index is 1.94. The Hall–Kier alpha value is -3.09. The van der Waals surface area contributed by atoms with Crippen molar-refractivity contribution in [3.05, 3.63) is 41.6 Å². The van der Waals surface area contributed by atoms with Crippen molar-refractivity contribution in [3.63, 3.8) is 0 Å². The van der Waals surface area contributed by atoms with Crippen LogP contribution in [0.4, 0.5) is 23.5 Å². The fourth-order valence-electron chi connectivity index (χ4n) is 3.91. The van der Waals surface area contributed by atoms with Gasteiger partial charge in [-0.2, -0.15) is 15.0 Å². The van der Waals surface area contributed by atoms with Gasteiger partial charge in [-0.05, 0) is 43.4 Å². The summed E-state index contributed by atoms with van der Waals surface area (Å²) in [6.45, 7) is 15.1. The molecule has 2 heterocycles. The van der Waals surface area contributed by atoms with E-state index in [0.29, 0.717) is 23.5 Å². The number of nitrogens with two attached hydrogens (primary N) is 1. The van der Waals surface area contributed by atoms with Crippen LogP contribution < -0.4 is 26.6 Å². The lowest BCUT2D eigenvalue weighted by Crippen LogP contribution is -2.33. The van der Waals surface area contributed by atoms with Gasteiger partial charge in [-0.25, -0.2) is 0 Å². The van der Waals surface area contributed by atoms with E-state index >= 15 is 0 Å². The van der Waals surface area contributed by atoms with Crippen molar-refractivity contribution in [2.75, 3.05) is 42.2 Å². The summed E-state index contributed by atoms with van der Waals surface area (Å²) in [6.07, 6.45) is 3.46. The zero-order valence-electron chi connectivity index (χ0n) is 20.6. The molecule has 0 saturated carbocycles. The smallest absolute Gasteiger partial charge is 0.233 e. The molecule has 2 aromatic rings. The first-order valence-corrected chi connectivity index (χ1v) is 11.6. The molecule has 1 aliphatic heterocycles. The van der Waals surface area contributed by atoms with Gasteiger partial charge in [0.25, 0.3) is 0 Å². The third-order valence-electron chi connectivity index (χ3n) is 5.54. The predicted molar refractivity (Wildman–Crippen MR) is 138 cm³/mol. The molecule has 0 radical (unpaired) electrons. The van der Waals surface area contributed by atoms with Gasteiger partial charge in [-0.1, -0.05) is 45.9 Å². The van der Waals surface area contributed by atoms with Gasteiger partial charge in [0.2, 0.25) is 17.8 Å². The fourth-order valence-corrected chi connectivity index (χ4v) is 3.91. The minimum atomic E-state index is 0.104. The zero-order chi connectivity index (χ0) is 24.0. The second-order valence-electron chi connectivity index (χ2n) is 9.99. The maximum atomic E-state index is 6.02. The number of nitrogens with one attached hydrogen (secondary N) is 3. The van der Waals surface area contributed by atoms with Crippen LogP contribution in [0.15, 0.2) is 30.5 Å². The molecule has 1 saturated heterocycles. The summed E-state index contributed by atoms with van der Waals surface area (Å²) in [6, 6.07) is 6.21. The van der Waals surface area contributed by atoms with E-state index in [9.17, 15) is 0 Å². The van der Waals surface area contributed by atoms with E-state index in [0.717, 1.165) is 42.9 Å². The number of anilines is 4. The molecule has 1 unspecified atom stereocenters. The highest BCUT2D eigenvalue weighted by Crippen LogP contribution is 2.25. The molecule has 1 atom stereocenters. The Morgan fingerprint density at radius 3 is 2.73 bits per heavy atom. The molecular formula is C25H38N8. The van der Waals surface area contributed by atoms with Gasteiger partial charge in [0.05, 0.1) is 5.70 Å². The van der Waals surface area contributed by atoms with E-state index in [1.807, 2.05) is 32.2 Å². The van der Waals surface area contributed by atoms with Gasteiger partial charge >= 0.3 is 0 Å². The first-order chi connectivity index (χ1) is 15.6. The topological polar surface area (TPSA) is 104 Å². The normalized spacial score (nSPS) is 16.5. The first kappa shape index (κ1) is 24.6. The van der Waals surface area contributed by atoms with Crippen LogP contribution in [0.3, 0.4) is 0 Å². The SMILES string of the molecule is C=C=C(N)c1ccc(C)c(Nc2nc(NC3CCCCNC3)nc(N(C)CC(C)(C)C)n2)c1. The molecule has 1 aliphatic rings. The molecule has 33 heavy (non-hydrogen) atoms. The Labute approximate surface area is 197 Å². The Morgan fingerprint density at radius 1 is 1.24 bits per heavy atom. The fraction of sp³-hybridized carbons (Fsp3) is 0.520. The van der Waals surface area contributed by atoms with E-state index in [2.05, 4.69) is 53.9 Å². The van der Waals surface area contributed by atoms with Crippen molar-refractivity contribution >= 4 is 29.2 Å². The lowest BCUT2D eigenvalue weighted by Gasteiger charge is -2.27. The molecule has 1 fully saturated rings. The molecule has 0 amide bonds. The highest BCUT2D eigenvalue weighted by Gasteiger charge is 2.19. The molecule has 0 bridgehead atoms. The summed E-state index contributed by atoms with van der Waals surface area (Å²) >= 11 is 0. The van der Waals surface area contributed by atoms with Gasteiger partial charge in [0, 0.05) is 37.4 Å². The summed E-state index contributed by atoms with van der Waals surface area (Å²) in [7, 11) is 2.02. The lowest BCUT2D eigenvalue weighted by molar-refractivity contribution is 0.416. The van der Waals surface area contributed by atoms with Crippen molar-refractivity contribution in [2.45, 2.75) is 53.0 Å². The summed E-state index contributed by atoms with van der Waals surface area (Å²) in [5, 5.41) is 10.4. The summed E-state index contributed by atoms with van der Waals surface area (Å²) in [5.74, 6) is 1.70. The molecule has 8 nitrogen and oxygen atoms in total. The number of hydrogen-bond acceptors (Lipinski definition) is 8. The third-order valence-corrected chi connectivity index (χ3v) is 5.54. The molecule has 1 aromatic heterocycles. The van der Waals surface area contributed by atoms with Crippen LogP contribution in [0.1, 0.15) is 51.2 Å². The predicted octanol–water partition coefficient (Wildman–Crippen LogP) is 4.04. The second-order valence-corrected chi connectivity index (χ2v) is 9.99. The number of hydrogen-bond donors (Lipinski definition) is 4. The highest BCUT2D eigenvalue weighted by molar-refractivity contribution is 5.70. The van der Waals surface area contributed by atoms with Crippen LogP contribution in [0.2, 0.25) is 0 Å². The van der Waals surface area contributed by atoms with Crippen LogP contribution in [0, 0.1) is 12.3 Å². The van der Waals surface area contributed by atoms with E-state index < -0.39 is 0 Å². The molecule has 0 spiro atoms. The molecule has 5 N–H and O–H groups in total. The monoisotopic (exact) mass is 450 g/mol. The van der Waals surface area contributed by atoms with Crippen molar-refractivity contribution in [1.82, 2.24) is 20.3 Å². The zero-order valence-corrected chi connectivity index (χ0v) is 20.6. The summed E-state index contributed by atoms with van der Waals surface area (Å²) in [5.41, 5.74) is 12.2. The van der Waals surface area contributed by atoms with E-state index in [1.165, 1.54) is 12.8 Å². The molecular weight excluding hydrogens is 412 g/mol. The average molecular weight is 451 g/mol.